The molecule has 1 aliphatic heterocycles. The van der Waals surface area contributed by atoms with E-state index in [1.807, 2.05) is 61.3 Å². The van der Waals surface area contributed by atoms with E-state index in [4.69, 9.17) is 0 Å². The van der Waals surface area contributed by atoms with Crippen LogP contribution in [0.25, 0.3) is 10.9 Å². The molecule has 168 valence electrons. The van der Waals surface area contributed by atoms with E-state index >= 15 is 0 Å². The summed E-state index contributed by atoms with van der Waals surface area (Å²) >= 11 is 0. The lowest BCUT2D eigenvalue weighted by Gasteiger charge is -2.35. The molecule has 3 aromatic heterocycles. The van der Waals surface area contributed by atoms with Gasteiger partial charge in [0.1, 0.15) is 5.82 Å². The Bertz CT molecular complexity index is 1270. The Balaban J connectivity index is 1.18. The van der Waals surface area contributed by atoms with Crippen molar-refractivity contribution < 1.29 is 4.79 Å². The van der Waals surface area contributed by atoms with Crippen LogP contribution < -0.4 is 10.2 Å². The van der Waals surface area contributed by atoms with Crippen molar-refractivity contribution in [3.05, 3.63) is 72.1 Å². The molecular weight excluding hydrogens is 414 g/mol. The first-order valence-corrected chi connectivity index (χ1v) is 11.2. The molecule has 8 nitrogen and oxygen atoms in total. The van der Waals surface area contributed by atoms with Crippen LogP contribution in [0.15, 0.2) is 60.8 Å². The molecule has 5 rings (SSSR count). The molecule has 8 heteroatoms. The zero-order chi connectivity index (χ0) is 22.8. The molecule has 33 heavy (non-hydrogen) atoms. The topological polar surface area (TPSA) is 79.2 Å². The van der Waals surface area contributed by atoms with Crippen molar-refractivity contribution in [1.29, 1.82) is 0 Å². The van der Waals surface area contributed by atoms with Gasteiger partial charge in [-0.1, -0.05) is 24.3 Å². The molecule has 0 unspecified atom stereocenters. The normalized spacial score (nSPS) is 14.0. The first-order valence-electron chi connectivity index (χ1n) is 11.2. The fourth-order valence-electron chi connectivity index (χ4n) is 4.33. The summed E-state index contributed by atoms with van der Waals surface area (Å²) in [5.74, 6) is 2.39. The zero-order valence-electron chi connectivity index (χ0n) is 18.9. The lowest BCUT2D eigenvalue weighted by Crippen LogP contribution is -2.49. The number of carbonyl (C=O) groups excluding carboxylic acids is 1. The van der Waals surface area contributed by atoms with Crippen molar-refractivity contribution in [1.82, 2.24) is 24.6 Å². The molecule has 1 fully saturated rings. The van der Waals surface area contributed by atoms with Gasteiger partial charge in [-0.05, 0) is 42.8 Å². The number of nitrogens with zero attached hydrogens (tertiary/aromatic N) is 6. The molecule has 1 saturated heterocycles. The van der Waals surface area contributed by atoms with Crippen molar-refractivity contribution in [3.8, 4) is 0 Å². The van der Waals surface area contributed by atoms with Gasteiger partial charge in [0.15, 0.2) is 11.6 Å². The Morgan fingerprint density at radius 1 is 0.939 bits per heavy atom. The molecule has 1 aliphatic rings. The number of aryl methyl sites for hydroxylation is 2. The number of benzene rings is 1. The minimum absolute atomic E-state index is 0.169. The van der Waals surface area contributed by atoms with Gasteiger partial charge in [-0.25, -0.2) is 4.98 Å². The molecule has 0 saturated carbocycles. The maximum Gasteiger partial charge on any atom is 0.227 e. The van der Waals surface area contributed by atoms with Gasteiger partial charge in [-0.15, -0.1) is 10.2 Å². The van der Waals surface area contributed by atoms with E-state index in [0.29, 0.717) is 25.3 Å². The molecule has 0 aliphatic carbocycles. The lowest BCUT2D eigenvalue weighted by atomic mass is 10.1. The first-order chi connectivity index (χ1) is 16.1. The summed E-state index contributed by atoms with van der Waals surface area (Å²) in [4.78, 5) is 21.5. The number of fused-ring (bicyclic) bond motifs is 1. The second-order valence-electron chi connectivity index (χ2n) is 8.39. The fourth-order valence-corrected chi connectivity index (χ4v) is 4.33. The first kappa shape index (κ1) is 20.9. The Labute approximate surface area is 192 Å². The maximum absolute atomic E-state index is 13.0. The quantitative estimate of drug-likeness (QED) is 0.512. The molecule has 1 amide bonds. The smallest absolute Gasteiger partial charge is 0.227 e. The Morgan fingerprint density at radius 3 is 2.52 bits per heavy atom. The molecule has 4 aromatic rings. The van der Waals surface area contributed by atoms with Gasteiger partial charge in [0, 0.05) is 56.0 Å². The molecule has 0 spiro atoms. The van der Waals surface area contributed by atoms with Crippen LogP contribution in [-0.2, 0) is 18.3 Å². The number of nitrogens with one attached hydrogen (secondary N) is 1. The fraction of sp³-hybridized carbons (Fsp3) is 0.280. The third-order valence-electron chi connectivity index (χ3n) is 6.07. The van der Waals surface area contributed by atoms with Gasteiger partial charge in [0.05, 0.1) is 6.42 Å². The maximum atomic E-state index is 13.0. The van der Waals surface area contributed by atoms with Crippen LogP contribution in [0.5, 0.6) is 0 Å². The largest absolute Gasteiger partial charge is 0.352 e. The number of hydrogen-bond donors (Lipinski definition) is 1. The van der Waals surface area contributed by atoms with E-state index in [1.54, 1.807) is 0 Å². The van der Waals surface area contributed by atoms with Crippen LogP contribution >= 0.6 is 0 Å². The highest BCUT2D eigenvalue weighted by Gasteiger charge is 2.23. The summed E-state index contributed by atoms with van der Waals surface area (Å²) in [5.41, 5.74) is 3.18. The number of carbonyl (C=O) groups is 1. The molecule has 0 bridgehead atoms. The lowest BCUT2D eigenvalue weighted by molar-refractivity contribution is -0.130. The number of para-hydroxylation sites is 1. The van der Waals surface area contributed by atoms with Crippen molar-refractivity contribution >= 4 is 34.3 Å². The van der Waals surface area contributed by atoms with E-state index in [2.05, 4.69) is 48.3 Å². The van der Waals surface area contributed by atoms with Crippen molar-refractivity contribution in [3.63, 3.8) is 0 Å². The summed E-state index contributed by atoms with van der Waals surface area (Å²) in [6.07, 6.45) is 2.49. The van der Waals surface area contributed by atoms with Crippen molar-refractivity contribution in [2.24, 2.45) is 7.05 Å². The highest BCUT2D eigenvalue weighted by Crippen LogP contribution is 2.22. The van der Waals surface area contributed by atoms with Crippen LogP contribution in [0.4, 0.5) is 17.5 Å². The molecule has 0 atom stereocenters. The third-order valence-corrected chi connectivity index (χ3v) is 6.07. The standard InChI is InChI=1S/C25H27N7O/c1-18-6-5-9-22(26-18)27-23-10-11-24(29-28-23)31-12-14-32(15-13-31)25(33)16-19-17-30(2)21-8-4-3-7-20(19)21/h3-11,17H,12-16H2,1-2H3,(H,26,27,28). The number of pyridine rings is 1. The van der Waals surface area contributed by atoms with Crippen LogP contribution in [0.3, 0.4) is 0 Å². The van der Waals surface area contributed by atoms with E-state index in [1.165, 1.54) is 0 Å². The number of amides is 1. The average Bonchev–Trinajstić information content (AvgIpc) is 3.15. The monoisotopic (exact) mass is 441 g/mol. The predicted molar refractivity (Wildman–Crippen MR) is 130 cm³/mol. The summed E-state index contributed by atoms with van der Waals surface area (Å²) in [6.45, 7) is 4.79. The van der Waals surface area contributed by atoms with E-state index < -0.39 is 0 Å². The van der Waals surface area contributed by atoms with Gasteiger partial charge in [-0.2, -0.15) is 0 Å². The summed E-state index contributed by atoms with van der Waals surface area (Å²) in [5, 5.41) is 13.0. The van der Waals surface area contributed by atoms with Crippen LogP contribution in [0, 0.1) is 6.92 Å². The number of hydrogen-bond acceptors (Lipinski definition) is 6. The summed E-state index contributed by atoms with van der Waals surface area (Å²) in [7, 11) is 2.02. The number of rotatable bonds is 5. The Hall–Kier alpha value is -3.94. The van der Waals surface area contributed by atoms with Gasteiger partial charge < -0.3 is 19.7 Å². The second kappa shape index (κ2) is 8.90. The van der Waals surface area contributed by atoms with Gasteiger partial charge >= 0.3 is 0 Å². The van der Waals surface area contributed by atoms with E-state index in [0.717, 1.165) is 46.9 Å². The minimum Gasteiger partial charge on any atom is -0.352 e. The molecule has 4 heterocycles. The highest BCUT2D eigenvalue weighted by molar-refractivity contribution is 5.89. The zero-order valence-corrected chi connectivity index (χ0v) is 18.9. The van der Waals surface area contributed by atoms with Crippen LogP contribution in [-0.4, -0.2) is 56.7 Å². The SMILES string of the molecule is Cc1cccc(Nc2ccc(N3CCN(C(=O)Cc4cn(C)c5ccccc45)CC3)nn2)n1. The van der Waals surface area contributed by atoms with E-state index in [-0.39, 0.29) is 5.91 Å². The number of anilines is 3. The number of aromatic nitrogens is 4. The van der Waals surface area contributed by atoms with Gasteiger partial charge in [0.2, 0.25) is 5.91 Å². The number of piperazine rings is 1. The predicted octanol–water partition coefficient (Wildman–Crippen LogP) is 3.31. The van der Waals surface area contributed by atoms with Gasteiger partial charge in [-0.3, -0.25) is 4.79 Å². The average molecular weight is 442 g/mol. The molecule has 1 N–H and O–H groups in total. The molecule has 1 aromatic carbocycles. The van der Waals surface area contributed by atoms with Crippen LogP contribution in [0.2, 0.25) is 0 Å². The second-order valence-corrected chi connectivity index (χ2v) is 8.39. The molecule has 0 radical (unpaired) electrons. The van der Waals surface area contributed by atoms with Gasteiger partial charge in [0.25, 0.3) is 0 Å². The summed E-state index contributed by atoms with van der Waals surface area (Å²) in [6, 6.07) is 17.9. The van der Waals surface area contributed by atoms with Crippen molar-refractivity contribution in [2.75, 3.05) is 36.4 Å². The molecular formula is C25H27N7O. The highest BCUT2D eigenvalue weighted by atomic mass is 16.2. The Morgan fingerprint density at radius 2 is 1.76 bits per heavy atom. The summed E-state index contributed by atoms with van der Waals surface area (Å²) < 4.78 is 2.09. The van der Waals surface area contributed by atoms with E-state index in [9.17, 15) is 4.79 Å². The minimum atomic E-state index is 0.169. The van der Waals surface area contributed by atoms with Crippen LogP contribution in [0.1, 0.15) is 11.3 Å². The van der Waals surface area contributed by atoms with Crippen molar-refractivity contribution in [2.45, 2.75) is 13.3 Å². The third kappa shape index (κ3) is 4.50. The Kier molecular flexibility index (Phi) is 5.64.